The zero-order chi connectivity index (χ0) is 8.53. The van der Waals surface area contributed by atoms with Gasteiger partial charge in [-0.25, -0.2) is 0 Å². The van der Waals surface area contributed by atoms with Gasteiger partial charge >= 0.3 is 0 Å². The van der Waals surface area contributed by atoms with E-state index in [1.54, 1.807) is 6.92 Å². The molecule has 1 rings (SSSR count). The number of rotatable bonds is 1. The van der Waals surface area contributed by atoms with Crippen LogP contribution in [0.5, 0.6) is 0 Å². The molecule has 0 atom stereocenters. The lowest BCUT2D eigenvalue weighted by Crippen LogP contribution is -1.77. The Labute approximate surface area is 68.8 Å². The van der Waals surface area contributed by atoms with Gasteiger partial charge in [0.05, 0.1) is 0 Å². The van der Waals surface area contributed by atoms with Crippen LogP contribution in [0.2, 0.25) is 0 Å². The molecule has 11 heavy (non-hydrogen) atoms. The van der Waals surface area contributed by atoms with Gasteiger partial charge < -0.3 is 0 Å². The van der Waals surface area contributed by atoms with Crippen molar-refractivity contribution >= 4 is 6.29 Å². The fourth-order valence-electron chi connectivity index (χ4n) is 0.760. The first-order valence-corrected chi connectivity index (χ1v) is 4.03. The monoisotopic (exact) mass is 152 g/mol. The molecule has 0 unspecified atom stereocenters. The van der Waals surface area contributed by atoms with Crippen LogP contribution < -0.4 is 0 Å². The van der Waals surface area contributed by atoms with Crippen molar-refractivity contribution in [2.24, 2.45) is 0 Å². The summed E-state index contributed by atoms with van der Waals surface area (Å²) < 4.78 is 0. The van der Waals surface area contributed by atoms with Gasteiger partial charge in [-0.15, -0.1) is 0 Å². The molecule has 0 N–H and O–H groups in total. The molecule has 0 bridgehead atoms. The molecule has 0 radical (unpaired) electrons. The Kier molecular flexibility index (Phi) is 6.70. The van der Waals surface area contributed by atoms with Gasteiger partial charge in [0, 0.05) is 0 Å². The number of carbonyl (C=O) groups is 1. The normalized spacial score (nSPS) is 14.6. The third-order valence-electron chi connectivity index (χ3n) is 1.36. The molecular weight excluding hydrogens is 136 g/mol. The molecule has 0 aromatic rings. The summed E-state index contributed by atoms with van der Waals surface area (Å²) in [7, 11) is 0. The van der Waals surface area contributed by atoms with E-state index in [2.05, 4.69) is 18.7 Å². The zero-order valence-corrected chi connectivity index (χ0v) is 7.18. The summed E-state index contributed by atoms with van der Waals surface area (Å²) in [6.45, 7) is 4.97. The van der Waals surface area contributed by atoms with E-state index in [-0.39, 0.29) is 0 Å². The van der Waals surface area contributed by atoms with Crippen LogP contribution in [-0.2, 0) is 4.79 Å². The van der Waals surface area contributed by atoms with Gasteiger partial charge in [-0.05, 0) is 38.2 Å². The second-order valence-electron chi connectivity index (χ2n) is 2.72. The Balaban J connectivity index is 0.000000187. The van der Waals surface area contributed by atoms with Crippen LogP contribution in [0, 0.1) is 0 Å². The van der Waals surface area contributed by atoms with Crippen LogP contribution in [0.15, 0.2) is 24.3 Å². The molecule has 0 aromatic carbocycles. The van der Waals surface area contributed by atoms with E-state index in [1.165, 1.54) is 25.7 Å². The Morgan fingerprint density at radius 1 is 1.36 bits per heavy atom. The predicted molar refractivity (Wildman–Crippen MR) is 48.5 cm³/mol. The maximum absolute atomic E-state index is 9.41. The molecule has 1 aliphatic carbocycles. The predicted octanol–water partition coefficient (Wildman–Crippen LogP) is 2.88. The summed E-state index contributed by atoms with van der Waals surface area (Å²) in [5, 5.41) is 0. The molecular formula is C10H16O. The van der Waals surface area contributed by atoms with Gasteiger partial charge in [0.15, 0.2) is 0 Å². The largest absolute Gasteiger partial charge is 0.298 e. The lowest BCUT2D eigenvalue weighted by atomic mass is 10.1. The van der Waals surface area contributed by atoms with Gasteiger partial charge in [0.1, 0.15) is 6.29 Å². The second kappa shape index (κ2) is 7.26. The van der Waals surface area contributed by atoms with Gasteiger partial charge in [-0.2, -0.15) is 0 Å². The number of aldehydes is 1. The van der Waals surface area contributed by atoms with Crippen LogP contribution in [0.3, 0.4) is 0 Å². The highest BCUT2D eigenvalue weighted by atomic mass is 16.1. The van der Waals surface area contributed by atoms with Crippen molar-refractivity contribution in [1.82, 2.24) is 0 Å². The van der Waals surface area contributed by atoms with Crippen molar-refractivity contribution in [2.45, 2.75) is 32.6 Å². The molecule has 0 amide bonds. The van der Waals surface area contributed by atoms with E-state index >= 15 is 0 Å². The Morgan fingerprint density at radius 2 is 1.73 bits per heavy atom. The van der Waals surface area contributed by atoms with E-state index in [1.807, 2.05) is 0 Å². The molecule has 0 aromatic heterocycles. The molecule has 0 aliphatic heterocycles. The van der Waals surface area contributed by atoms with Gasteiger partial charge in [-0.1, -0.05) is 18.7 Å². The average molecular weight is 152 g/mol. The maximum atomic E-state index is 9.41. The average Bonchev–Trinajstić information content (AvgIpc) is 2.09. The number of hydrogen-bond donors (Lipinski definition) is 0. The van der Waals surface area contributed by atoms with Crippen LogP contribution >= 0.6 is 0 Å². The SMILES string of the molecule is C1=CCCCC1.C=C(C)C=O. The minimum atomic E-state index is 0.574. The lowest BCUT2D eigenvalue weighted by Gasteiger charge is -1.97. The summed E-state index contributed by atoms with van der Waals surface area (Å²) in [5.74, 6) is 0. The Hall–Kier alpha value is -0.850. The first-order chi connectivity index (χ1) is 5.27. The van der Waals surface area contributed by atoms with Crippen LogP contribution in [0.4, 0.5) is 0 Å². The molecule has 1 nitrogen and oxygen atoms in total. The lowest BCUT2D eigenvalue weighted by molar-refractivity contribution is -0.104. The van der Waals surface area contributed by atoms with Crippen molar-refractivity contribution in [3.8, 4) is 0 Å². The second-order valence-corrected chi connectivity index (χ2v) is 2.72. The van der Waals surface area contributed by atoms with Crippen LogP contribution in [0.1, 0.15) is 32.6 Å². The molecule has 0 heterocycles. The van der Waals surface area contributed by atoms with Crippen LogP contribution in [0.25, 0.3) is 0 Å². The topological polar surface area (TPSA) is 17.1 Å². The molecule has 62 valence electrons. The summed E-state index contributed by atoms with van der Waals surface area (Å²) >= 11 is 0. The summed E-state index contributed by atoms with van der Waals surface area (Å²) in [4.78, 5) is 9.41. The highest BCUT2D eigenvalue weighted by Gasteiger charge is 1.87. The molecule has 1 aliphatic rings. The van der Waals surface area contributed by atoms with Crippen molar-refractivity contribution in [1.29, 1.82) is 0 Å². The van der Waals surface area contributed by atoms with Crippen molar-refractivity contribution < 1.29 is 4.79 Å². The summed E-state index contributed by atoms with van der Waals surface area (Å²) in [6, 6.07) is 0. The zero-order valence-electron chi connectivity index (χ0n) is 7.18. The van der Waals surface area contributed by atoms with E-state index in [0.717, 1.165) is 6.29 Å². The standard InChI is InChI=1S/C6H10.C4H6O/c1-2-4-6-5-3-1;1-4(2)3-5/h1-2H,3-6H2;3H,1H2,2H3. The van der Waals surface area contributed by atoms with Gasteiger partial charge in [0.2, 0.25) is 0 Å². The molecule has 0 saturated heterocycles. The van der Waals surface area contributed by atoms with Crippen molar-refractivity contribution in [3.05, 3.63) is 24.3 Å². The fourth-order valence-corrected chi connectivity index (χ4v) is 0.760. The van der Waals surface area contributed by atoms with Crippen molar-refractivity contribution in [2.75, 3.05) is 0 Å². The van der Waals surface area contributed by atoms with E-state index < -0.39 is 0 Å². The van der Waals surface area contributed by atoms with E-state index in [0.29, 0.717) is 5.57 Å². The number of hydrogen-bond acceptors (Lipinski definition) is 1. The molecule has 1 heteroatoms. The van der Waals surface area contributed by atoms with E-state index in [9.17, 15) is 4.79 Å². The van der Waals surface area contributed by atoms with E-state index in [4.69, 9.17) is 0 Å². The molecule has 0 fully saturated rings. The van der Waals surface area contributed by atoms with Gasteiger partial charge in [-0.3, -0.25) is 4.79 Å². The summed E-state index contributed by atoms with van der Waals surface area (Å²) in [5.41, 5.74) is 0.574. The quantitative estimate of drug-likeness (QED) is 0.321. The highest BCUT2D eigenvalue weighted by Crippen LogP contribution is 2.07. The minimum Gasteiger partial charge on any atom is -0.298 e. The first kappa shape index (κ1) is 10.2. The number of carbonyl (C=O) groups excluding carboxylic acids is 1. The third-order valence-corrected chi connectivity index (χ3v) is 1.36. The Bertz CT molecular complexity index is 137. The third kappa shape index (κ3) is 9.15. The Morgan fingerprint density at radius 3 is 1.82 bits per heavy atom. The number of allylic oxidation sites excluding steroid dienone is 3. The fraction of sp³-hybridized carbons (Fsp3) is 0.500. The van der Waals surface area contributed by atoms with Crippen LogP contribution in [-0.4, -0.2) is 6.29 Å². The molecule has 0 spiro atoms. The smallest absolute Gasteiger partial charge is 0.145 e. The minimum absolute atomic E-state index is 0.574. The van der Waals surface area contributed by atoms with Crippen molar-refractivity contribution in [3.63, 3.8) is 0 Å². The first-order valence-electron chi connectivity index (χ1n) is 4.03. The highest BCUT2D eigenvalue weighted by molar-refractivity contribution is 5.70. The summed E-state index contributed by atoms with van der Waals surface area (Å²) in [6.07, 6.45) is 10.7. The van der Waals surface area contributed by atoms with Gasteiger partial charge in [0.25, 0.3) is 0 Å². The maximum Gasteiger partial charge on any atom is 0.145 e. The molecule has 0 saturated carbocycles.